The Balaban J connectivity index is 1.98. The second kappa shape index (κ2) is 9.71. The number of aliphatic hydroxyl groups excluding tert-OH is 1. The van der Waals surface area contributed by atoms with Crippen LogP contribution < -0.4 is 15.6 Å². The normalized spacial score (nSPS) is 12.3. The number of aliphatic hydroxyl groups is 1. The van der Waals surface area contributed by atoms with Gasteiger partial charge in [-0.2, -0.15) is 0 Å². The van der Waals surface area contributed by atoms with Gasteiger partial charge in [-0.05, 0) is 26.7 Å². The lowest BCUT2D eigenvalue weighted by atomic mass is 10.0. The summed E-state index contributed by atoms with van der Waals surface area (Å²) >= 11 is 0. The standard InChI is InChI=1S/C28H26O2Si/c1-23(22-29)28(24-14-6-2-7-15-24)30-31(25-16-8-3-9-17-25,26-18-10-4-11-19-26)27-20-12-5-13-21-27/h2-21,28-29H,1,22H2/t28-/m1/s1. The Hall–Kier alpha value is -3.24. The zero-order valence-corrected chi connectivity index (χ0v) is 18.4. The molecule has 1 atom stereocenters. The maximum Gasteiger partial charge on any atom is 0.289 e. The SMILES string of the molecule is C=C(CO)[C@@H](O[Si](c1ccccc1)(c1ccccc1)c1ccccc1)c1ccccc1. The van der Waals surface area contributed by atoms with Gasteiger partial charge in [0.05, 0.1) is 12.7 Å². The van der Waals surface area contributed by atoms with Crippen LogP contribution in [0, 0.1) is 0 Å². The lowest BCUT2D eigenvalue weighted by molar-refractivity contribution is 0.215. The molecule has 4 aromatic carbocycles. The van der Waals surface area contributed by atoms with Gasteiger partial charge in [0.25, 0.3) is 8.32 Å². The molecule has 0 saturated carbocycles. The summed E-state index contributed by atoms with van der Waals surface area (Å²) in [4.78, 5) is 0. The van der Waals surface area contributed by atoms with E-state index in [4.69, 9.17) is 4.43 Å². The fourth-order valence-corrected chi connectivity index (χ4v) is 8.05. The summed E-state index contributed by atoms with van der Waals surface area (Å²) in [6, 6.07) is 41.4. The molecule has 0 amide bonds. The van der Waals surface area contributed by atoms with E-state index in [2.05, 4.69) is 79.4 Å². The molecule has 4 rings (SSSR count). The summed E-state index contributed by atoms with van der Waals surface area (Å²) in [5.41, 5.74) is 1.63. The molecule has 4 aromatic rings. The van der Waals surface area contributed by atoms with Gasteiger partial charge in [0.1, 0.15) is 0 Å². The number of hydrogen-bond acceptors (Lipinski definition) is 2. The zero-order chi connectivity index (χ0) is 21.5. The maximum absolute atomic E-state index is 10.0. The van der Waals surface area contributed by atoms with Crippen molar-refractivity contribution in [3.05, 3.63) is 139 Å². The highest BCUT2D eigenvalue weighted by Crippen LogP contribution is 2.28. The molecule has 0 aliphatic heterocycles. The number of benzene rings is 4. The molecule has 0 aliphatic carbocycles. The molecular weight excluding hydrogens is 396 g/mol. The van der Waals surface area contributed by atoms with Gasteiger partial charge in [-0.15, -0.1) is 0 Å². The summed E-state index contributed by atoms with van der Waals surface area (Å²) < 4.78 is 7.21. The monoisotopic (exact) mass is 422 g/mol. The number of rotatable bonds is 8. The molecule has 0 heterocycles. The molecule has 3 heteroatoms. The fourth-order valence-electron chi connectivity index (χ4n) is 4.00. The van der Waals surface area contributed by atoms with Crippen LogP contribution in [0.2, 0.25) is 0 Å². The zero-order valence-electron chi connectivity index (χ0n) is 17.4. The lowest BCUT2D eigenvalue weighted by Crippen LogP contribution is -2.69. The van der Waals surface area contributed by atoms with Gasteiger partial charge in [-0.25, -0.2) is 0 Å². The largest absolute Gasteiger partial charge is 0.393 e. The van der Waals surface area contributed by atoms with Crippen molar-refractivity contribution in [2.45, 2.75) is 6.10 Å². The molecule has 1 N–H and O–H groups in total. The van der Waals surface area contributed by atoms with Crippen LogP contribution in [0.5, 0.6) is 0 Å². The van der Waals surface area contributed by atoms with Gasteiger partial charge >= 0.3 is 0 Å². The van der Waals surface area contributed by atoms with Crippen LogP contribution in [-0.2, 0) is 4.43 Å². The first kappa shape index (κ1) is 21.0. The average molecular weight is 423 g/mol. The predicted octanol–water partition coefficient (Wildman–Crippen LogP) is 3.96. The molecule has 0 fully saturated rings. The molecule has 0 radical (unpaired) electrons. The Kier molecular flexibility index (Phi) is 6.58. The Morgan fingerprint density at radius 3 is 1.35 bits per heavy atom. The lowest BCUT2D eigenvalue weighted by Gasteiger charge is -2.37. The van der Waals surface area contributed by atoms with E-state index in [1.165, 1.54) is 0 Å². The van der Waals surface area contributed by atoms with Gasteiger partial charge in [0, 0.05) is 0 Å². The van der Waals surface area contributed by atoms with E-state index in [0.29, 0.717) is 5.57 Å². The quantitative estimate of drug-likeness (QED) is 0.265. The van der Waals surface area contributed by atoms with Crippen molar-refractivity contribution in [1.82, 2.24) is 0 Å². The minimum atomic E-state index is -2.92. The predicted molar refractivity (Wildman–Crippen MR) is 130 cm³/mol. The number of hydrogen-bond donors (Lipinski definition) is 1. The van der Waals surface area contributed by atoms with Crippen LogP contribution in [0.25, 0.3) is 0 Å². The van der Waals surface area contributed by atoms with Crippen LogP contribution in [0.4, 0.5) is 0 Å². The minimum Gasteiger partial charge on any atom is -0.393 e. The van der Waals surface area contributed by atoms with Crippen LogP contribution in [-0.4, -0.2) is 20.0 Å². The van der Waals surface area contributed by atoms with Gasteiger partial charge in [0.15, 0.2) is 0 Å². The van der Waals surface area contributed by atoms with Crippen LogP contribution >= 0.6 is 0 Å². The third-order valence-corrected chi connectivity index (χ3v) is 9.54. The molecule has 0 saturated heterocycles. The molecule has 154 valence electrons. The van der Waals surface area contributed by atoms with Crippen molar-refractivity contribution in [3.8, 4) is 0 Å². The first-order valence-corrected chi connectivity index (χ1v) is 12.3. The highest BCUT2D eigenvalue weighted by molar-refractivity contribution is 7.07. The molecule has 0 aliphatic rings. The molecule has 0 aromatic heterocycles. The highest BCUT2D eigenvalue weighted by atomic mass is 28.4. The Morgan fingerprint density at radius 2 is 1.00 bits per heavy atom. The molecular formula is C28H26O2Si. The summed E-state index contributed by atoms with van der Waals surface area (Å²) in [7, 11) is -2.92. The topological polar surface area (TPSA) is 29.5 Å². The van der Waals surface area contributed by atoms with Crippen molar-refractivity contribution >= 4 is 23.9 Å². The van der Waals surface area contributed by atoms with Gasteiger partial charge < -0.3 is 9.53 Å². The summed E-state index contributed by atoms with van der Waals surface area (Å²) in [5, 5.41) is 13.5. The van der Waals surface area contributed by atoms with Gasteiger partial charge in [-0.3, -0.25) is 0 Å². The van der Waals surface area contributed by atoms with Crippen molar-refractivity contribution in [1.29, 1.82) is 0 Å². The van der Waals surface area contributed by atoms with E-state index >= 15 is 0 Å². The van der Waals surface area contributed by atoms with Crippen LogP contribution in [0.15, 0.2) is 133 Å². The maximum atomic E-state index is 10.0. The smallest absolute Gasteiger partial charge is 0.289 e. The third kappa shape index (κ3) is 4.30. The highest BCUT2D eigenvalue weighted by Gasteiger charge is 2.44. The van der Waals surface area contributed by atoms with Gasteiger partial charge in [0.2, 0.25) is 0 Å². The second-order valence-electron chi connectivity index (χ2n) is 7.50. The summed E-state index contributed by atoms with van der Waals surface area (Å²) in [6.45, 7) is 4.03. The van der Waals surface area contributed by atoms with Crippen LogP contribution in [0.3, 0.4) is 0 Å². The molecule has 0 unspecified atom stereocenters. The van der Waals surface area contributed by atoms with E-state index in [-0.39, 0.29) is 6.61 Å². The molecule has 2 nitrogen and oxygen atoms in total. The molecule has 0 spiro atoms. The first-order valence-electron chi connectivity index (χ1n) is 10.4. The Bertz CT molecular complexity index is 1000. The van der Waals surface area contributed by atoms with Crippen molar-refractivity contribution in [3.63, 3.8) is 0 Å². The van der Waals surface area contributed by atoms with Crippen molar-refractivity contribution in [2.24, 2.45) is 0 Å². The van der Waals surface area contributed by atoms with E-state index < -0.39 is 14.4 Å². The van der Waals surface area contributed by atoms with Gasteiger partial charge in [-0.1, -0.05) is 128 Å². The van der Waals surface area contributed by atoms with E-state index in [0.717, 1.165) is 21.1 Å². The van der Waals surface area contributed by atoms with Crippen molar-refractivity contribution in [2.75, 3.05) is 6.61 Å². The average Bonchev–Trinajstić information content (AvgIpc) is 2.87. The second-order valence-corrected chi connectivity index (χ2v) is 10.8. The first-order chi connectivity index (χ1) is 15.3. The summed E-state index contributed by atoms with van der Waals surface area (Å²) in [5.74, 6) is 0. The van der Waals surface area contributed by atoms with E-state index in [1.54, 1.807) is 0 Å². The Morgan fingerprint density at radius 1 is 0.645 bits per heavy atom. The minimum absolute atomic E-state index is 0.136. The third-order valence-electron chi connectivity index (χ3n) is 5.51. The molecule has 0 bridgehead atoms. The fraction of sp³-hybridized carbons (Fsp3) is 0.0714. The van der Waals surface area contributed by atoms with Crippen molar-refractivity contribution < 1.29 is 9.53 Å². The van der Waals surface area contributed by atoms with E-state index in [9.17, 15) is 5.11 Å². The summed E-state index contributed by atoms with van der Waals surface area (Å²) in [6.07, 6.45) is -0.432. The van der Waals surface area contributed by atoms with Crippen LogP contribution in [0.1, 0.15) is 11.7 Å². The van der Waals surface area contributed by atoms with E-state index in [1.807, 2.05) is 48.5 Å². The molecule has 31 heavy (non-hydrogen) atoms. The Labute approximate surface area is 185 Å².